The van der Waals surface area contributed by atoms with Gasteiger partial charge in [0, 0.05) is 43.1 Å². The third-order valence-electron chi connectivity index (χ3n) is 4.78. The molecule has 0 radical (unpaired) electrons. The molecule has 0 saturated carbocycles. The number of ether oxygens (including phenoxy) is 1. The van der Waals surface area contributed by atoms with Gasteiger partial charge in [-0.3, -0.25) is 4.79 Å². The lowest BCUT2D eigenvalue weighted by Crippen LogP contribution is -2.31. The topological polar surface area (TPSA) is 56.6 Å². The van der Waals surface area contributed by atoms with Crippen LogP contribution in [0.5, 0.6) is 5.75 Å². The summed E-state index contributed by atoms with van der Waals surface area (Å²) in [6.07, 6.45) is 0.986. The summed E-state index contributed by atoms with van der Waals surface area (Å²) in [5.74, 6) is 0.880. The van der Waals surface area contributed by atoms with Crippen molar-refractivity contribution in [1.29, 1.82) is 5.26 Å². The number of methoxy groups -OCH3 is 1. The summed E-state index contributed by atoms with van der Waals surface area (Å²) < 4.78 is 5.23. The molecule has 0 aliphatic carbocycles. The molecule has 134 valence electrons. The van der Waals surface area contributed by atoms with Crippen molar-refractivity contribution in [2.24, 2.45) is 0 Å². The van der Waals surface area contributed by atoms with Crippen molar-refractivity contribution >= 4 is 17.2 Å². The average Bonchev–Trinajstić information content (AvgIpc) is 2.93. The summed E-state index contributed by atoms with van der Waals surface area (Å²) >= 11 is 0. The van der Waals surface area contributed by atoms with Gasteiger partial charge in [-0.2, -0.15) is 5.26 Å². The van der Waals surface area contributed by atoms with Crippen molar-refractivity contribution in [1.82, 2.24) is 0 Å². The molecule has 1 aliphatic heterocycles. The summed E-state index contributed by atoms with van der Waals surface area (Å²) in [7, 11) is 1.67. The number of ketones is 1. The highest BCUT2D eigenvalue weighted by atomic mass is 16.5. The Kier molecular flexibility index (Phi) is 5.43. The van der Waals surface area contributed by atoms with Gasteiger partial charge in [-0.15, -0.1) is 0 Å². The Bertz CT molecular complexity index is 824. The molecule has 0 unspecified atom stereocenters. The Balaban J connectivity index is 1.80. The number of hydrogen-bond acceptors (Lipinski definition) is 5. The van der Waals surface area contributed by atoms with Crippen LogP contribution in [0.1, 0.15) is 29.3 Å². The average molecular weight is 349 g/mol. The molecule has 3 rings (SSSR count). The van der Waals surface area contributed by atoms with Crippen LogP contribution < -0.4 is 14.5 Å². The van der Waals surface area contributed by atoms with Gasteiger partial charge in [-0.1, -0.05) is 0 Å². The summed E-state index contributed by atoms with van der Waals surface area (Å²) in [5.41, 5.74) is 3.31. The Morgan fingerprint density at radius 1 is 1.04 bits per heavy atom. The molecule has 1 heterocycles. The van der Waals surface area contributed by atoms with E-state index < -0.39 is 0 Å². The first-order chi connectivity index (χ1) is 12.6. The minimum absolute atomic E-state index is 0.0285. The Hall–Kier alpha value is -3.00. The molecule has 0 spiro atoms. The summed E-state index contributed by atoms with van der Waals surface area (Å²) in [6, 6.07) is 15.6. The molecule has 5 nitrogen and oxygen atoms in total. The molecule has 2 aromatic carbocycles. The SMILES string of the molecule is COc1ccc(N2CCCN(c3cc(C#N)ccc3C(C)=O)CC2)cc1. The predicted octanol–water partition coefficient (Wildman–Crippen LogP) is 3.49. The fraction of sp³-hybridized carbons (Fsp3) is 0.333. The lowest BCUT2D eigenvalue weighted by molar-refractivity contribution is 0.101. The Labute approximate surface area is 154 Å². The lowest BCUT2D eigenvalue weighted by Gasteiger charge is -2.26. The van der Waals surface area contributed by atoms with Crippen LogP contribution in [0.3, 0.4) is 0 Å². The van der Waals surface area contributed by atoms with Crippen molar-refractivity contribution < 1.29 is 9.53 Å². The van der Waals surface area contributed by atoms with E-state index in [1.54, 1.807) is 26.2 Å². The number of carbonyl (C=O) groups is 1. The summed E-state index contributed by atoms with van der Waals surface area (Å²) in [6.45, 7) is 5.06. The lowest BCUT2D eigenvalue weighted by atomic mass is 10.1. The number of anilines is 2. The number of benzene rings is 2. The number of hydrogen-bond donors (Lipinski definition) is 0. The van der Waals surface area contributed by atoms with Crippen LogP contribution in [-0.2, 0) is 0 Å². The number of rotatable bonds is 4. The molecule has 0 bridgehead atoms. The van der Waals surface area contributed by atoms with E-state index in [1.807, 2.05) is 18.2 Å². The van der Waals surface area contributed by atoms with Crippen LogP contribution in [0.25, 0.3) is 0 Å². The van der Waals surface area contributed by atoms with Gasteiger partial charge in [-0.05, 0) is 55.8 Å². The first-order valence-corrected chi connectivity index (χ1v) is 8.81. The third kappa shape index (κ3) is 3.80. The number of carbonyl (C=O) groups excluding carboxylic acids is 1. The van der Waals surface area contributed by atoms with E-state index in [2.05, 4.69) is 28.0 Å². The van der Waals surface area contributed by atoms with E-state index in [4.69, 9.17) is 4.74 Å². The molecule has 0 amide bonds. The van der Waals surface area contributed by atoms with Crippen LogP contribution in [-0.4, -0.2) is 39.1 Å². The van der Waals surface area contributed by atoms with E-state index in [-0.39, 0.29) is 5.78 Å². The van der Waals surface area contributed by atoms with Gasteiger partial charge in [0.15, 0.2) is 5.78 Å². The van der Waals surface area contributed by atoms with Crippen molar-refractivity contribution in [3.8, 4) is 11.8 Å². The van der Waals surface area contributed by atoms with Crippen LogP contribution in [0.2, 0.25) is 0 Å². The highest BCUT2D eigenvalue weighted by molar-refractivity contribution is 6.00. The standard InChI is InChI=1S/C21H23N3O2/c1-16(25)20-9-4-17(15-22)14-21(20)24-11-3-10-23(12-13-24)18-5-7-19(26-2)8-6-18/h4-9,14H,3,10-13H2,1-2H3. The van der Waals surface area contributed by atoms with Gasteiger partial charge in [0.25, 0.3) is 0 Å². The maximum absolute atomic E-state index is 12.0. The molecule has 5 heteroatoms. The highest BCUT2D eigenvalue weighted by Gasteiger charge is 2.19. The monoisotopic (exact) mass is 349 g/mol. The van der Waals surface area contributed by atoms with Gasteiger partial charge >= 0.3 is 0 Å². The zero-order valence-electron chi connectivity index (χ0n) is 15.2. The van der Waals surface area contributed by atoms with E-state index in [0.717, 1.165) is 44.0 Å². The second-order valence-electron chi connectivity index (χ2n) is 6.43. The largest absolute Gasteiger partial charge is 0.497 e. The van der Waals surface area contributed by atoms with Gasteiger partial charge in [0.1, 0.15) is 5.75 Å². The molecule has 1 aliphatic rings. The van der Waals surface area contributed by atoms with Gasteiger partial charge in [0.2, 0.25) is 0 Å². The van der Waals surface area contributed by atoms with Gasteiger partial charge < -0.3 is 14.5 Å². The minimum Gasteiger partial charge on any atom is -0.497 e. The third-order valence-corrected chi connectivity index (χ3v) is 4.78. The molecule has 0 atom stereocenters. The van der Waals surface area contributed by atoms with Crippen LogP contribution >= 0.6 is 0 Å². The van der Waals surface area contributed by atoms with Crippen molar-refractivity contribution in [3.63, 3.8) is 0 Å². The quantitative estimate of drug-likeness (QED) is 0.791. The van der Waals surface area contributed by atoms with Crippen LogP contribution in [0.4, 0.5) is 11.4 Å². The zero-order valence-corrected chi connectivity index (χ0v) is 15.2. The molecular weight excluding hydrogens is 326 g/mol. The number of Topliss-reactive ketones (excluding diaryl/α,β-unsaturated/α-hetero) is 1. The number of nitriles is 1. The smallest absolute Gasteiger partial charge is 0.161 e. The first-order valence-electron chi connectivity index (χ1n) is 8.81. The van der Waals surface area contributed by atoms with Crippen LogP contribution in [0.15, 0.2) is 42.5 Å². The summed E-state index contributed by atoms with van der Waals surface area (Å²) in [5, 5.41) is 9.21. The maximum atomic E-state index is 12.0. The minimum atomic E-state index is 0.0285. The highest BCUT2D eigenvalue weighted by Crippen LogP contribution is 2.26. The van der Waals surface area contributed by atoms with Gasteiger partial charge in [-0.25, -0.2) is 0 Å². The van der Waals surface area contributed by atoms with Crippen molar-refractivity contribution in [2.75, 3.05) is 43.1 Å². The summed E-state index contributed by atoms with van der Waals surface area (Å²) in [4.78, 5) is 16.6. The molecule has 26 heavy (non-hydrogen) atoms. The molecule has 2 aromatic rings. The van der Waals surface area contributed by atoms with Gasteiger partial charge in [0.05, 0.1) is 18.7 Å². The second kappa shape index (κ2) is 7.92. The molecule has 0 N–H and O–H groups in total. The molecule has 1 fully saturated rings. The maximum Gasteiger partial charge on any atom is 0.161 e. The van der Waals surface area contributed by atoms with Crippen molar-refractivity contribution in [3.05, 3.63) is 53.6 Å². The molecular formula is C21H23N3O2. The first kappa shape index (κ1) is 17.8. The van der Waals surface area contributed by atoms with E-state index in [0.29, 0.717) is 11.1 Å². The predicted molar refractivity (Wildman–Crippen MR) is 103 cm³/mol. The van der Waals surface area contributed by atoms with Crippen molar-refractivity contribution in [2.45, 2.75) is 13.3 Å². The normalized spacial score (nSPS) is 14.5. The molecule has 0 aromatic heterocycles. The Morgan fingerprint density at radius 3 is 2.38 bits per heavy atom. The fourth-order valence-corrected chi connectivity index (χ4v) is 3.37. The number of nitrogens with zero attached hydrogens (tertiary/aromatic N) is 3. The zero-order chi connectivity index (χ0) is 18.5. The van der Waals surface area contributed by atoms with E-state index >= 15 is 0 Å². The molecule has 1 saturated heterocycles. The van der Waals surface area contributed by atoms with E-state index in [9.17, 15) is 10.1 Å². The van der Waals surface area contributed by atoms with E-state index in [1.165, 1.54) is 5.69 Å². The second-order valence-corrected chi connectivity index (χ2v) is 6.43. The fourth-order valence-electron chi connectivity index (χ4n) is 3.37. The van der Waals surface area contributed by atoms with Crippen LogP contribution in [0, 0.1) is 11.3 Å². The Morgan fingerprint density at radius 2 is 1.73 bits per heavy atom.